The summed E-state index contributed by atoms with van der Waals surface area (Å²) in [6.07, 6.45) is 0.234. The Bertz CT molecular complexity index is 788. The molecule has 1 aromatic heterocycles. The van der Waals surface area contributed by atoms with Crippen LogP contribution in [0.4, 0.5) is 9.52 Å². The van der Waals surface area contributed by atoms with Crippen molar-refractivity contribution in [2.24, 2.45) is 0 Å². The van der Waals surface area contributed by atoms with E-state index >= 15 is 0 Å². The molecule has 1 aromatic carbocycles. The van der Waals surface area contributed by atoms with Crippen molar-refractivity contribution in [3.8, 4) is 5.75 Å². The van der Waals surface area contributed by atoms with Crippen molar-refractivity contribution in [2.45, 2.75) is 22.8 Å². The van der Waals surface area contributed by atoms with Gasteiger partial charge < -0.3 is 20.5 Å². The minimum Gasteiger partial charge on any atom is -0.535 e. The van der Waals surface area contributed by atoms with Crippen molar-refractivity contribution in [1.82, 2.24) is 10.2 Å². The number of aromatic carboxylic acids is 1. The third kappa shape index (κ3) is 2.99. The lowest BCUT2D eigenvalue weighted by atomic mass is 9.77. The highest BCUT2D eigenvalue weighted by Gasteiger charge is 2.39. The van der Waals surface area contributed by atoms with Crippen molar-refractivity contribution < 1.29 is 24.0 Å². The molecule has 0 saturated carbocycles. The Hall–Kier alpha value is -1.85. The molecule has 0 amide bonds. The Balaban J connectivity index is 1.95. The Morgan fingerprint density at radius 3 is 2.96 bits per heavy atom. The maximum atomic E-state index is 14.0. The van der Waals surface area contributed by atoms with Gasteiger partial charge in [-0.05, 0) is 25.0 Å². The smallest absolute Gasteiger partial charge is 0.535 e. The molecule has 3 rings (SSSR count). The summed E-state index contributed by atoms with van der Waals surface area (Å²) in [6, 6.07) is 1.24. The highest BCUT2D eigenvalue weighted by molar-refractivity contribution is 8.02. The van der Waals surface area contributed by atoms with Crippen LogP contribution in [0.15, 0.2) is 10.4 Å². The molecule has 1 aliphatic heterocycles. The first-order chi connectivity index (χ1) is 10.9. The summed E-state index contributed by atoms with van der Waals surface area (Å²) < 4.78 is 19.9. The third-order valence-electron chi connectivity index (χ3n) is 3.42. The van der Waals surface area contributed by atoms with Crippen LogP contribution in [0.3, 0.4) is 0 Å². The molecule has 0 radical (unpaired) electrons. The van der Waals surface area contributed by atoms with Crippen molar-refractivity contribution in [2.75, 3.05) is 5.73 Å². The third-order valence-corrected chi connectivity index (χ3v) is 5.49. The molecule has 0 saturated heterocycles. The molecule has 0 unspecified atom stereocenters. The second-order valence-corrected chi connectivity index (χ2v) is 7.42. The highest BCUT2D eigenvalue weighted by atomic mass is 32.2. The normalized spacial score (nSPS) is 16.8. The number of hydrogen-bond donors (Lipinski definition) is 3. The van der Waals surface area contributed by atoms with E-state index in [1.165, 1.54) is 24.8 Å². The van der Waals surface area contributed by atoms with Crippen molar-refractivity contribution in [3.05, 3.63) is 28.6 Å². The van der Waals surface area contributed by atoms with Gasteiger partial charge in [0.05, 0.1) is 5.15 Å². The molecule has 1 aliphatic rings. The number of nitrogen functional groups attached to an aromatic ring is 1. The van der Waals surface area contributed by atoms with E-state index in [2.05, 4.69) is 10.2 Å². The quantitative estimate of drug-likeness (QED) is 0.707. The average Bonchev–Trinajstić information content (AvgIpc) is 2.87. The van der Waals surface area contributed by atoms with Crippen LogP contribution in [0.25, 0.3) is 0 Å². The van der Waals surface area contributed by atoms with E-state index < -0.39 is 24.1 Å². The number of fused-ring (bicyclic) bond motifs is 1. The van der Waals surface area contributed by atoms with E-state index in [-0.39, 0.29) is 23.3 Å². The molecule has 4 N–H and O–H groups in total. The number of carboxylic acid groups (broad SMARTS) is 1. The molecule has 0 bridgehead atoms. The van der Waals surface area contributed by atoms with Crippen LogP contribution in [0, 0.1) is 12.7 Å². The summed E-state index contributed by atoms with van der Waals surface area (Å²) in [7, 11) is -1.25. The number of halogens is 1. The Morgan fingerprint density at radius 2 is 2.35 bits per heavy atom. The number of nitrogens with two attached hydrogens (primary N) is 1. The van der Waals surface area contributed by atoms with Crippen molar-refractivity contribution in [3.63, 3.8) is 0 Å². The van der Waals surface area contributed by atoms with Crippen LogP contribution in [0.2, 0.25) is 0 Å². The molecule has 2 heterocycles. The molecule has 120 valence electrons. The fraction of sp³-hybridized carbons (Fsp3) is 0.250. The van der Waals surface area contributed by atoms with Crippen LogP contribution >= 0.6 is 23.1 Å². The van der Waals surface area contributed by atoms with Crippen LogP contribution in [-0.4, -0.2) is 38.6 Å². The molecule has 2 aromatic rings. The molecule has 0 fully saturated rings. The number of carbonyl (C=O) groups is 1. The minimum atomic E-state index is -1.30. The number of anilines is 1. The van der Waals surface area contributed by atoms with Gasteiger partial charge in [-0.3, -0.25) is 0 Å². The first-order valence-electron chi connectivity index (χ1n) is 6.52. The number of benzene rings is 1. The lowest BCUT2D eigenvalue weighted by Gasteiger charge is -2.28. The van der Waals surface area contributed by atoms with Gasteiger partial charge in [0.15, 0.2) is 4.34 Å². The Morgan fingerprint density at radius 1 is 1.61 bits per heavy atom. The van der Waals surface area contributed by atoms with Crippen LogP contribution < -0.4 is 10.4 Å². The Labute approximate surface area is 138 Å². The number of carboxylic acids is 1. The summed E-state index contributed by atoms with van der Waals surface area (Å²) >= 11 is 2.36. The summed E-state index contributed by atoms with van der Waals surface area (Å²) in [5.41, 5.74) is 5.62. The van der Waals surface area contributed by atoms with Crippen molar-refractivity contribution in [1.29, 1.82) is 0 Å². The molecular formula is C12H11BFN3O4S2. The first-order valence-corrected chi connectivity index (χ1v) is 8.22. The average molecular weight is 355 g/mol. The first kappa shape index (κ1) is 16.0. The largest absolute Gasteiger partial charge is 0.537 e. The van der Waals surface area contributed by atoms with E-state index in [4.69, 9.17) is 10.4 Å². The summed E-state index contributed by atoms with van der Waals surface area (Å²) in [4.78, 5) is 11.4. The molecule has 0 aliphatic carbocycles. The van der Waals surface area contributed by atoms with E-state index in [0.717, 1.165) is 11.3 Å². The van der Waals surface area contributed by atoms with E-state index in [1.54, 1.807) is 0 Å². The predicted molar refractivity (Wildman–Crippen MR) is 84.4 cm³/mol. The van der Waals surface area contributed by atoms with Gasteiger partial charge in [-0.25, -0.2) is 9.18 Å². The second-order valence-electron chi connectivity index (χ2n) is 4.93. The zero-order chi connectivity index (χ0) is 16.7. The number of rotatable bonds is 3. The molecule has 0 spiro atoms. The Kier molecular flexibility index (Phi) is 4.17. The molecule has 7 nitrogen and oxygen atoms in total. The van der Waals surface area contributed by atoms with Gasteiger partial charge in [-0.15, -0.1) is 10.2 Å². The van der Waals surface area contributed by atoms with Crippen LogP contribution in [-0.2, 0) is 6.42 Å². The summed E-state index contributed by atoms with van der Waals surface area (Å²) in [6.45, 7) is 1.36. The van der Waals surface area contributed by atoms with E-state index in [9.17, 15) is 19.3 Å². The molecule has 1 atom stereocenters. The van der Waals surface area contributed by atoms with Gasteiger partial charge in [0.1, 0.15) is 17.1 Å². The SMILES string of the molecule is Cc1c(F)cc2c(c1C(=O)O)OB(O)[C@@H](Sc1nnc(N)s1)C2. The molecule has 11 heteroatoms. The molecule has 23 heavy (non-hydrogen) atoms. The zero-order valence-corrected chi connectivity index (χ0v) is 13.4. The zero-order valence-electron chi connectivity index (χ0n) is 11.8. The maximum absolute atomic E-state index is 14.0. The number of aromatic nitrogens is 2. The lowest BCUT2D eigenvalue weighted by Crippen LogP contribution is -2.41. The monoisotopic (exact) mass is 355 g/mol. The van der Waals surface area contributed by atoms with Gasteiger partial charge in [0.25, 0.3) is 0 Å². The minimum absolute atomic E-state index is 0.0116. The standard InChI is InChI=1S/C12H11BFN3O4S2/c1-4-6(14)2-5-3-7(22-12-17-16-11(15)23-12)13(20)21-9(5)8(4)10(18)19/h2,7,20H,3H2,1H3,(H2,15,16)(H,18,19)/t7-/m0/s1. The summed E-state index contributed by atoms with van der Waals surface area (Å²) in [5.74, 6) is -1.91. The fourth-order valence-electron chi connectivity index (χ4n) is 2.33. The fourth-order valence-corrected chi connectivity index (χ4v) is 4.28. The summed E-state index contributed by atoms with van der Waals surface area (Å²) in [5, 5.41) is 26.8. The van der Waals surface area contributed by atoms with Crippen LogP contribution in [0.5, 0.6) is 5.75 Å². The van der Waals surface area contributed by atoms with Gasteiger partial charge in [-0.2, -0.15) is 0 Å². The lowest BCUT2D eigenvalue weighted by molar-refractivity contribution is 0.0692. The van der Waals surface area contributed by atoms with Gasteiger partial charge in [-0.1, -0.05) is 23.1 Å². The second kappa shape index (κ2) is 5.98. The number of hydrogen-bond acceptors (Lipinski definition) is 8. The van der Waals surface area contributed by atoms with Gasteiger partial charge in [0, 0.05) is 5.56 Å². The van der Waals surface area contributed by atoms with Gasteiger partial charge in [0.2, 0.25) is 5.13 Å². The topological polar surface area (TPSA) is 119 Å². The van der Waals surface area contributed by atoms with E-state index in [0.29, 0.717) is 15.0 Å². The van der Waals surface area contributed by atoms with E-state index in [1.807, 2.05) is 0 Å². The van der Waals surface area contributed by atoms with Crippen LogP contribution in [0.1, 0.15) is 21.5 Å². The van der Waals surface area contributed by atoms with Crippen molar-refractivity contribution >= 4 is 41.3 Å². The predicted octanol–water partition coefficient (Wildman–Crippen LogP) is 1.38. The highest BCUT2D eigenvalue weighted by Crippen LogP contribution is 2.39. The number of nitrogens with zero attached hydrogens (tertiary/aromatic N) is 2. The van der Waals surface area contributed by atoms with Gasteiger partial charge >= 0.3 is 13.1 Å². The molecular weight excluding hydrogens is 344 g/mol. The number of thioether (sulfide) groups is 1. The maximum Gasteiger partial charge on any atom is 0.537 e.